The number of hydrogen-bond donors (Lipinski definition) is 3. The molecule has 1 saturated heterocycles. The van der Waals surface area contributed by atoms with Crippen molar-refractivity contribution >= 4 is 24.4 Å². The fourth-order valence-corrected chi connectivity index (χ4v) is 2.80. The van der Waals surface area contributed by atoms with Gasteiger partial charge in [0.15, 0.2) is 0 Å². The van der Waals surface area contributed by atoms with Crippen molar-refractivity contribution in [2.45, 2.75) is 33.0 Å². The number of rotatable bonds is 4. The van der Waals surface area contributed by atoms with E-state index in [1.807, 2.05) is 35.1 Å². The molecule has 0 aliphatic carbocycles. The molecular weight excluding hydrogens is 305 g/mol. The van der Waals surface area contributed by atoms with Gasteiger partial charge in [0.05, 0.1) is 0 Å². The second kappa shape index (κ2) is 8.66. The van der Waals surface area contributed by atoms with Crippen molar-refractivity contribution in [3.63, 3.8) is 0 Å². The maximum Gasteiger partial charge on any atom is 0.376 e. The third-order valence-electron chi connectivity index (χ3n) is 4.21. The van der Waals surface area contributed by atoms with E-state index in [4.69, 9.17) is 0 Å². The third kappa shape index (κ3) is 4.69. The normalized spacial score (nSPS) is 14.9. The van der Waals surface area contributed by atoms with Gasteiger partial charge in [0.2, 0.25) is 5.91 Å². The molecule has 128 valence electrons. The summed E-state index contributed by atoms with van der Waals surface area (Å²) in [4.78, 5) is 26.0. The summed E-state index contributed by atoms with van der Waals surface area (Å²) in [6.07, 6.45) is 1.73. The summed E-state index contributed by atoms with van der Waals surface area (Å²) >= 11 is 0. The molecule has 24 heavy (non-hydrogen) atoms. The molecule has 6 nitrogen and oxygen atoms in total. The maximum atomic E-state index is 12.6. The first-order valence-corrected chi connectivity index (χ1v) is 8.31. The third-order valence-corrected chi connectivity index (χ3v) is 4.21. The summed E-state index contributed by atoms with van der Waals surface area (Å²) in [5, 5.41) is 9.68. The Balaban J connectivity index is 2.22. The van der Waals surface area contributed by atoms with E-state index in [9.17, 15) is 14.6 Å². The van der Waals surface area contributed by atoms with Gasteiger partial charge in [-0.2, -0.15) is 0 Å². The molecule has 2 rings (SSSR count). The van der Waals surface area contributed by atoms with E-state index in [2.05, 4.69) is 10.9 Å². The number of benzene rings is 1. The molecule has 1 aromatic rings. The Bertz CT molecular complexity index is 607. The lowest BCUT2D eigenvalue weighted by Crippen LogP contribution is -2.43. The number of piperidine rings is 1. The molecule has 1 aromatic carbocycles. The zero-order chi connectivity index (χ0) is 17.5. The van der Waals surface area contributed by atoms with E-state index >= 15 is 0 Å². The molecule has 0 saturated carbocycles. The van der Waals surface area contributed by atoms with Gasteiger partial charge in [-0.25, -0.2) is 0 Å². The van der Waals surface area contributed by atoms with Gasteiger partial charge in [0.1, 0.15) is 0 Å². The quantitative estimate of drug-likeness (QED) is 0.440. The first kappa shape index (κ1) is 18.2. The molecule has 0 unspecified atom stereocenters. The predicted octanol–water partition coefficient (Wildman–Crippen LogP) is 1.20. The summed E-state index contributed by atoms with van der Waals surface area (Å²) in [6, 6.07) is 9.46. The minimum atomic E-state index is -0.482. The van der Waals surface area contributed by atoms with Crippen LogP contribution in [0.5, 0.6) is 0 Å². The van der Waals surface area contributed by atoms with Crippen LogP contribution in [0.1, 0.15) is 31.7 Å². The average molecular weight is 329 g/mol. The van der Waals surface area contributed by atoms with Gasteiger partial charge in [-0.05, 0) is 38.3 Å². The Kier molecular flexibility index (Phi) is 6.57. The number of hydrazine groups is 1. The van der Waals surface area contributed by atoms with Gasteiger partial charge in [0.25, 0.3) is 5.91 Å². The van der Waals surface area contributed by atoms with E-state index in [1.165, 1.54) is 0 Å². The molecule has 1 aliphatic rings. The summed E-state index contributed by atoms with van der Waals surface area (Å²) in [5.41, 5.74) is 7.42. The number of amides is 2. The highest BCUT2D eigenvalue weighted by molar-refractivity contribution is 6.45. The van der Waals surface area contributed by atoms with Gasteiger partial charge in [-0.15, -0.1) is 0 Å². The number of carbonyl (C=O) groups excluding carboxylic acids is 2. The minimum Gasteiger partial charge on any atom is -0.437 e. The van der Waals surface area contributed by atoms with Gasteiger partial charge in [-0.1, -0.05) is 42.8 Å². The Hall–Kier alpha value is -2.12. The van der Waals surface area contributed by atoms with Crippen molar-refractivity contribution in [2.24, 2.45) is 0 Å². The highest BCUT2D eigenvalue weighted by atomic mass is 16.2. The number of carbonyl (C=O) groups is 2. The van der Waals surface area contributed by atoms with Crippen molar-refractivity contribution in [3.05, 3.63) is 41.5 Å². The molecule has 3 N–H and O–H groups in total. The van der Waals surface area contributed by atoms with Crippen molar-refractivity contribution in [3.8, 4) is 0 Å². The average Bonchev–Trinajstić information content (AvgIpc) is 2.61. The molecule has 0 atom stereocenters. The van der Waals surface area contributed by atoms with Gasteiger partial charge in [-0.3, -0.25) is 20.4 Å². The fourth-order valence-electron chi connectivity index (χ4n) is 2.80. The van der Waals surface area contributed by atoms with Crippen LogP contribution >= 0.6 is 0 Å². The SMILES string of the molecule is CCC(=O)NNC(=O)C(=C1CCN(B(C)O)CC1)c1ccccc1. The molecule has 1 heterocycles. The Morgan fingerprint density at radius 3 is 2.33 bits per heavy atom. The number of nitrogens with zero attached hydrogens (tertiary/aromatic N) is 1. The first-order valence-electron chi connectivity index (χ1n) is 8.31. The highest BCUT2D eigenvalue weighted by Crippen LogP contribution is 2.27. The van der Waals surface area contributed by atoms with Crippen LogP contribution in [0.4, 0.5) is 0 Å². The summed E-state index contributed by atoms with van der Waals surface area (Å²) < 4.78 is 0. The topological polar surface area (TPSA) is 81.7 Å². The predicted molar refractivity (Wildman–Crippen MR) is 94.6 cm³/mol. The van der Waals surface area contributed by atoms with Crippen LogP contribution in [0, 0.1) is 0 Å². The minimum absolute atomic E-state index is 0.232. The molecule has 0 aromatic heterocycles. The van der Waals surface area contributed by atoms with Crippen molar-refractivity contribution in [2.75, 3.05) is 13.1 Å². The first-order chi connectivity index (χ1) is 11.5. The maximum absolute atomic E-state index is 12.6. The number of nitrogens with one attached hydrogen (secondary N) is 2. The van der Waals surface area contributed by atoms with Crippen molar-refractivity contribution < 1.29 is 14.6 Å². The molecule has 1 aliphatic heterocycles. The highest BCUT2D eigenvalue weighted by Gasteiger charge is 2.25. The molecule has 1 fully saturated rings. The second-order valence-electron chi connectivity index (χ2n) is 5.87. The summed E-state index contributed by atoms with van der Waals surface area (Å²) in [7, 11) is -0.482. The van der Waals surface area contributed by atoms with E-state index in [0.717, 1.165) is 11.1 Å². The standard InChI is InChI=1S/C17H24BN3O3/c1-3-15(22)19-20-17(23)16(13-7-5-4-6-8-13)14-9-11-21(12-10-14)18(2)24/h4-8,24H,3,9-12H2,1-2H3,(H,19,22)(H,20,23). The van der Waals surface area contributed by atoms with E-state index < -0.39 is 7.05 Å². The largest absolute Gasteiger partial charge is 0.437 e. The Morgan fingerprint density at radius 2 is 1.79 bits per heavy atom. The van der Waals surface area contributed by atoms with Gasteiger partial charge < -0.3 is 9.83 Å². The second-order valence-corrected chi connectivity index (χ2v) is 5.87. The summed E-state index contributed by atoms with van der Waals surface area (Å²) in [5.74, 6) is -0.534. The summed E-state index contributed by atoms with van der Waals surface area (Å²) in [6.45, 7) is 4.89. The molecule has 0 spiro atoms. The molecular formula is C17H24BN3O3. The van der Waals surface area contributed by atoms with Gasteiger partial charge >= 0.3 is 7.05 Å². The molecule has 0 bridgehead atoms. The Morgan fingerprint density at radius 1 is 1.17 bits per heavy atom. The van der Waals surface area contributed by atoms with Crippen LogP contribution in [-0.2, 0) is 9.59 Å². The monoisotopic (exact) mass is 329 g/mol. The zero-order valence-corrected chi connectivity index (χ0v) is 14.2. The van der Waals surface area contributed by atoms with Gasteiger partial charge in [0, 0.05) is 12.0 Å². The van der Waals surface area contributed by atoms with Crippen LogP contribution in [0.2, 0.25) is 6.82 Å². The molecule has 0 radical (unpaired) electrons. The molecule has 2 amide bonds. The van der Waals surface area contributed by atoms with Crippen LogP contribution in [-0.4, -0.2) is 41.8 Å². The van der Waals surface area contributed by atoms with Crippen LogP contribution in [0.15, 0.2) is 35.9 Å². The van der Waals surface area contributed by atoms with E-state index in [-0.39, 0.29) is 11.8 Å². The number of hydrogen-bond acceptors (Lipinski definition) is 4. The van der Waals surface area contributed by atoms with E-state index in [0.29, 0.717) is 37.9 Å². The lowest BCUT2D eigenvalue weighted by atomic mass is 9.81. The Labute approximate surface area is 143 Å². The van der Waals surface area contributed by atoms with E-state index in [1.54, 1.807) is 13.7 Å². The smallest absolute Gasteiger partial charge is 0.376 e. The fraction of sp³-hybridized carbons (Fsp3) is 0.412. The van der Waals surface area contributed by atoms with Crippen LogP contribution < -0.4 is 10.9 Å². The molecule has 7 heteroatoms. The van der Waals surface area contributed by atoms with Crippen molar-refractivity contribution in [1.82, 2.24) is 15.7 Å². The lowest BCUT2D eigenvalue weighted by Gasteiger charge is -2.30. The van der Waals surface area contributed by atoms with Crippen LogP contribution in [0.3, 0.4) is 0 Å². The lowest BCUT2D eigenvalue weighted by molar-refractivity contribution is -0.126. The van der Waals surface area contributed by atoms with Crippen molar-refractivity contribution in [1.29, 1.82) is 0 Å². The van der Waals surface area contributed by atoms with Crippen LogP contribution in [0.25, 0.3) is 5.57 Å². The zero-order valence-electron chi connectivity index (χ0n) is 14.2.